The number of ether oxygens (including phenoxy) is 1. The lowest BCUT2D eigenvalue weighted by Crippen LogP contribution is -2.28. The van der Waals surface area contributed by atoms with Crippen molar-refractivity contribution >= 4 is 16.8 Å². The van der Waals surface area contributed by atoms with Crippen molar-refractivity contribution in [3.8, 4) is 5.75 Å². The average molecular weight is 322 g/mol. The van der Waals surface area contributed by atoms with Crippen molar-refractivity contribution in [2.45, 2.75) is 6.10 Å². The van der Waals surface area contributed by atoms with Gasteiger partial charge >= 0.3 is 0 Å². The van der Waals surface area contributed by atoms with Crippen LogP contribution in [0, 0.1) is 0 Å². The SMILES string of the molecule is COc1ccc(C(O)CNC(=O)c2cccc3ncccc23)cc1. The molecule has 5 heteroatoms. The number of fused-ring (bicyclic) bond motifs is 1. The van der Waals surface area contributed by atoms with Crippen LogP contribution in [0.25, 0.3) is 10.9 Å². The molecule has 2 aromatic carbocycles. The molecule has 3 aromatic rings. The Bertz CT molecular complexity index is 841. The van der Waals surface area contributed by atoms with Crippen LogP contribution < -0.4 is 10.1 Å². The van der Waals surface area contributed by atoms with Crippen LogP contribution in [0.4, 0.5) is 0 Å². The fourth-order valence-corrected chi connectivity index (χ4v) is 2.53. The summed E-state index contributed by atoms with van der Waals surface area (Å²) in [4.78, 5) is 16.7. The number of carbonyl (C=O) groups excluding carboxylic acids is 1. The van der Waals surface area contributed by atoms with Crippen molar-refractivity contribution in [3.63, 3.8) is 0 Å². The van der Waals surface area contributed by atoms with Gasteiger partial charge in [0.05, 0.1) is 18.7 Å². The molecule has 0 saturated carbocycles. The molecule has 0 bridgehead atoms. The lowest BCUT2D eigenvalue weighted by Gasteiger charge is -2.13. The summed E-state index contributed by atoms with van der Waals surface area (Å²) in [6.07, 6.45) is 0.908. The summed E-state index contributed by atoms with van der Waals surface area (Å²) in [5.41, 5.74) is 2.03. The van der Waals surface area contributed by atoms with Gasteiger partial charge in [-0.3, -0.25) is 9.78 Å². The van der Waals surface area contributed by atoms with Crippen LogP contribution >= 0.6 is 0 Å². The van der Waals surface area contributed by atoms with E-state index in [1.165, 1.54) is 0 Å². The highest BCUT2D eigenvalue weighted by Gasteiger charge is 2.13. The van der Waals surface area contributed by atoms with Gasteiger partial charge in [0.15, 0.2) is 0 Å². The number of aromatic nitrogens is 1. The largest absolute Gasteiger partial charge is 0.497 e. The number of hydrogen-bond donors (Lipinski definition) is 2. The Morgan fingerprint density at radius 2 is 1.96 bits per heavy atom. The highest BCUT2D eigenvalue weighted by Crippen LogP contribution is 2.18. The van der Waals surface area contributed by atoms with Gasteiger partial charge < -0.3 is 15.2 Å². The Kier molecular flexibility index (Phi) is 4.72. The van der Waals surface area contributed by atoms with Gasteiger partial charge in [0, 0.05) is 23.7 Å². The molecule has 0 aliphatic rings. The van der Waals surface area contributed by atoms with Crippen LogP contribution in [0.5, 0.6) is 5.75 Å². The Morgan fingerprint density at radius 3 is 2.71 bits per heavy atom. The maximum atomic E-state index is 12.4. The monoisotopic (exact) mass is 322 g/mol. The molecule has 122 valence electrons. The zero-order valence-corrected chi connectivity index (χ0v) is 13.3. The van der Waals surface area contributed by atoms with E-state index >= 15 is 0 Å². The molecule has 0 spiro atoms. The van der Waals surface area contributed by atoms with Gasteiger partial charge in [-0.1, -0.05) is 24.3 Å². The summed E-state index contributed by atoms with van der Waals surface area (Å²) in [6, 6.07) is 16.2. The molecule has 0 radical (unpaired) electrons. The van der Waals surface area contributed by atoms with Gasteiger partial charge in [-0.05, 0) is 35.9 Å². The van der Waals surface area contributed by atoms with Crippen molar-refractivity contribution in [1.82, 2.24) is 10.3 Å². The van der Waals surface area contributed by atoms with Gasteiger partial charge in [-0.15, -0.1) is 0 Å². The van der Waals surface area contributed by atoms with Crippen LogP contribution in [-0.2, 0) is 0 Å². The van der Waals surface area contributed by atoms with E-state index in [2.05, 4.69) is 10.3 Å². The number of aliphatic hydroxyl groups excluding tert-OH is 1. The first-order chi connectivity index (χ1) is 11.7. The summed E-state index contributed by atoms with van der Waals surface area (Å²) in [6.45, 7) is 0.127. The number of nitrogens with zero attached hydrogens (tertiary/aromatic N) is 1. The van der Waals surface area contributed by atoms with E-state index in [-0.39, 0.29) is 12.5 Å². The van der Waals surface area contributed by atoms with Gasteiger partial charge in [-0.2, -0.15) is 0 Å². The highest BCUT2D eigenvalue weighted by atomic mass is 16.5. The van der Waals surface area contributed by atoms with Crippen LogP contribution in [0.2, 0.25) is 0 Å². The highest BCUT2D eigenvalue weighted by molar-refractivity contribution is 6.06. The van der Waals surface area contributed by atoms with Crippen LogP contribution in [-0.4, -0.2) is 29.7 Å². The van der Waals surface area contributed by atoms with Gasteiger partial charge in [0.1, 0.15) is 5.75 Å². The van der Waals surface area contributed by atoms with Crippen molar-refractivity contribution in [2.75, 3.05) is 13.7 Å². The summed E-state index contributed by atoms with van der Waals surface area (Å²) in [5, 5.41) is 13.8. The first kappa shape index (κ1) is 16.0. The first-order valence-electron chi connectivity index (χ1n) is 7.63. The summed E-state index contributed by atoms with van der Waals surface area (Å²) < 4.78 is 5.09. The molecular formula is C19H18N2O3. The second-order valence-corrected chi connectivity index (χ2v) is 5.37. The minimum Gasteiger partial charge on any atom is -0.497 e. The molecular weight excluding hydrogens is 304 g/mol. The number of methoxy groups -OCH3 is 1. The van der Waals surface area contributed by atoms with Crippen LogP contribution in [0.1, 0.15) is 22.0 Å². The van der Waals surface area contributed by atoms with Crippen molar-refractivity contribution in [1.29, 1.82) is 0 Å². The van der Waals surface area contributed by atoms with Crippen molar-refractivity contribution in [2.24, 2.45) is 0 Å². The quantitative estimate of drug-likeness (QED) is 0.757. The Morgan fingerprint density at radius 1 is 1.17 bits per heavy atom. The van der Waals surface area contributed by atoms with E-state index in [0.29, 0.717) is 5.56 Å². The Labute approximate surface area is 139 Å². The van der Waals surface area contributed by atoms with Crippen LogP contribution in [0.3, 0.4) is 0 Å². The normalized spacial score (nSPS) is 11.9. The van der Waals surface area contributed by atoms with E-state index < -0.39 is 6.10 Å². The molecule has 1 aromatic heterocycles. The molecule has 1 heterocycles. The third-order valence-corrected chi connectivity index (χ3v) is 3.85. The molecule has 0 fully saturated rings. The lowest BCUT2D eigenvalue weighted by molar-refractivity contribution is 0.0918. The van der Waals surface area contributed by atoms with E-state index in [1.54, 1.807) is 55.8 Å². The summed E-state index contributed by atoms with van der Waals surface area (Å²) in [5.74, 6) is 0.486. The fraction of sp³-hybridized carbons (Fsp3) is 0.158. The number of aliphatic hydroxyl groups is 1. The van der Waals surface area contributed by atoms with Crippen molar-refractivity contribution < 1.29 is 14.6 Å². The van der Waals surface area contributed by atoms with Gasteiger partial charge in [-0.25, -0.2) is 0 Å². The summed E-state index contributed by atoms with van der Waals surface area (Å²) >= 11 is 0. The van der Waals surface area contributed by atoms with Gasteiger partial charge in [0.25, 0.3) is 5.91 Å². The van der Waals surface area contributed by atoms with Crippen molar-refractivity contribution in [3.05, 3.63) is 71.9 Å². The average Bonchev–Trinajstić information content (AvgIpc) is 2.65. The standard InChI is InChI=1S/C19H18N2O3/c1-24-14-9-7-13(8-10-14)18(22)12-21-19(23)16-4-2-6-17-15(16)5-3-11-20-17/h2-11,18,22H,12H2,1H3,(H,21,23). The smallest absolute Gasteiger partial charge is 0.252 e. The zero-order valence-electron chi connectivity index (χ0n) is 13.3. The molecule has 0 aliphatic carbocycles. The third kappa shape index (κ3) is 3.36. The number of benzene rings is 2. The minimum atomic E-state index is -0.784. The molecule has 2 N–H and O–H groups in total. The molecule has 0 aliphatic heterocycles. The zero-order chi connectivity index (χ0) is 16.9. The number of amides is 1. The molecule has 1 atom stereocenters. The molecule has 1 amide bonds. The number of nitrogens with one attached hydrogen (secondary N) is 1. The lowest BCUT2D eigenvalue weighted by atomic mass is 10.1. The minimum absolute atomic E-state index is 0.127. The molecule has 24 heavy (non-hydrogen) atoms. The number of carbonyl (C=O) groups is 1. The maximum Gasteiger partial charge on any atom is 0.252 e. The van der Waals surface area contributed by atoms with Gasteiger partial charge in [0.2, 0.25) is 0 Å². The summed E-state index contributed by atoms with van der Waals surface area (Å²) in [7, 11) is 1.59. The predicted molar refractivity (Wildman–Crippen MR) is 92.0 cm³/mol. The predicted octanol–water partition coefficient (Wildman–Crippen LogP) is 2.71. The molecule has 5 nitrogen and oxygen atoms in total. The van der Waals surface area contributed by atoms with E-state index in [0.717, 1.165) is 22.2 Å². The number of pyridine rings is 1. The molecule has 3 rings (SSSR count). The number of rotatable bonds is 5. The Hall–Kier alpha value is -2.92. The number of hydrogen-bond acceptors (Lipinski definition) is 4. The maximum absolute atomic E-state index is 12.4. The fourth-order valence-electron chi connectivity index (χ4n) is 2.53. The first-order valence-corrected chi connectivity index (χ1v) is 7.63. The third-order valence-electron chi connectivity index (χ3n) is 3.85. The van der Waals surface area contributed by atoms with E-state index in [4.69, 9.17) is 4.74 Å². The molecule has 0 saturated heterocycles. The Balaban J connectivity index is 1.70. The van der Waals surface area contributed by atoms with E-state index in [9.17, 15) is 9.90 Å². The molecule has 1 unspecified atom stereocenters. The van der Waals surface area contributed by atoms with Crippen LogP contribution in [0.15, 0.2) is 60.8 Å². The topological polar surface area (TPSA) is 71.5 Å². The second-order valence-electron chi connectivity index (χ2n) is 5.37. The second kappa shape index (κ2) is 7.10. The van der Waals surface area contributed by atoms with E-state index in [1.807, 2.05) is 12.1 Å².